The van der Waals surface area contributed by atoms with Crippen LogP contribution in [-0.4, -0.2) is 12.1 Å². The topological polar surface area (TPSA) is 0 Å². The summed E-state index contributed by atoms with van der Waals surface area (Å²) in [7, 11) is 0. The van der Waals surface area contributed by atoms with Crippen LogP contribution in [-0.2, 0) is 6.18 Å². The normalized spacial score (nSPS) is 13.7. The minimum absolute atomic E-state index is 0.00466. The van der Waals surface area contributed by atoms with Gasteiger partial charge in [-0.25, -0.2) is 0 Å². The molecule has 3 aromatic carbocycles. The van der Waals surface area contributed by atoms with Crippen LogP contribution in [0.2, 0.25) is 0 Å². The molecule has 0 saturated carbocycles. The third kappa shape index (κ3) is 4.62. The molecule has 162 valence electrons. The van der Waals surface area contributed by atoms with Crippen LogP contribution in [0.25, 0.3) is 11.1 Å². The highest BCUT2D eigenvalue weighted by Crippen LogP contribution is 2.49. The van der Waals surface area contributed by atoms with Gasteiger partial charge >= 0.3 is 18.3 Å². The second-order valence-electron chi connectivity index (χ2n) is 6.63. The zero-order valence-corrected chi connectivity index (χ0v) is 15.6. The molecule has 0 amide bonds. The van der Waals surface area contributed by atoms with Crippen molar-refractivity contribution in [2.24, 2.45) is 0 Å². The first kappa shape index (κ1) is 22.5. The van der Waals surface area contributed by atoms with Gasteiger partial charge in [-0.3, -0.25) is 0 Å². The van der Waals surface area contributed by atoms with Crippen LogP contribution in [0.15, 0.2) is 84.9 Å². The number of hydrogen-bond acceptors (Lipinski definition) is 0. The summed E-state index contributed by atoms with van der Waals surface area (Å²) >= 11 is 0. The molecule has 0 bridgehead atoms. The van der Waals surface area contributed by atoms with Crippen LogP contribution in [0, 0.1) is 0 Å². The molecule has 3 aromatic rings. The molecule has 0 aromatic heterocycles. The fourth-order valence-corrected chi connectivity index (χ4v) is 3.12. The van der Waals surface area contributed by atoms with E-state index in [9.17, 15) is 35.1 Å². The Morgan fingerprint density at radius 3 is 1.32 bits per heavy atom. The van der Waals surface area contributed by atoms with E-state index in [-0.39, 0.29) is 11.1 Å². The quantitative estimate of drug-likeness (QED) is 0.285. The average molecular weight is 442 g/mol. The van der Waals surface area contributed by atoms with Gasteiger partial charge in [0.2, 0.25) is 0 Å². The van der Waals surface area contributed by atoms with E-state index >= 15 is 0 Å². The number of allylic oxidation sites excluding steroid dienone is 1. The van der Waals surface area contributed by atoms with Crippen molar-refractivity contribution in [2.45, 2.75) is 18.3 Å². The molecule has 0 aliphatic heterocycles. The lowest BCUT2D eigenvalue weighted by Crippen LogP contribution is -2.38. The Bertz CT molecular complexity index is 1040. The summed E-state index contributed by atoms with van der Waals surface area (Å²) in [6.45, 7) is 0. The molecule has 31 heavy (non-hydrogen) atoms. The highest BCUT2D eigenvalue weighted by atomic mass is 19.4. The van der Waals surface area contributed by atoms with Crippen LogP contribution in [0.5, 0.6) is 0 Å². The maximum absolute atomic E-state index is 14.8. The van der Waals surface area contributed by atoms with Gasteiger partial charge in [-0.05, 0) is 34.4 Å². The van der Waals surface area contributed by atoms with Gasteiger partial charge in [-0.1, -0.05) is 72.8 Å². The standard InChI is InChI=1S/C23H14F8/c24-21(25,23(29,30)31)20(17-9-5-2-6-10-17)19(15-7-3-1-4-8-15)16-11-13-18(14-12-16)22(26,27)28/h1-14H/b20-19-. The first-order valence-corrected chi connectivity index (χ1v) is 8.90. The van der Waals surface area contributed by atoms with Gasteiger partial charge in [-0.15, -0.1) is 0 Å². The summed E-state index contributed by atoms with van der Waals surface area (Å²) < 4.78 is 109. The molecular weight excluding hydrogens is 428 g/mol. The number of benzene rings is 3. The lowest BCUT2D eigenvalue weighted by atomic mass is 9.85. The Hall–Kier alpha value is -3.16. The van der Waals surface area contributed by atoms with Crippen molar-refractivity contribution < 1.29 is 35.1 Å². The third-order valence-electron chi connectivity index (χ3n) is 4.55. The van der Waals surface area contributed by atoms with Crippen molar-refractivity contribution in [2.75, 3.05) is 0 Å². The van der Waals surface area contributed by atoms with Crippen LogP contribution < -0.4 is 0 Å². The van der Waals surface area contributed by atoms with E-state index in [0.717, 1.165) is 24.3 Å². The molecule has 0 aliphatic carbocycles. The summed E-state index contributed by atoms with van der Waals surface area (Å²) in [4.78, 5) is 0. The number of alkyl halides is 8. The average Bonchev–Trinajstić information content (AvgIpc) is 2.71. The maximum atomic E-state index is 14.8. The largest absolute Gasteiger partial charge is 0.458 e. The molecule has 0 spiro atoms. The molecule has 0 nitrogen and oxygen atoms in total. The number of rotatable bonds is 4. The van der Waals surface area contributed by atoms with Gasteiger partial charge in [-0.2, -0.15) is 35.1 Å². The lowest BCUT2D eigenvalue weighted by molar-refractivity contribution is -0.253. The fourth-order valence-electron chi connectivity index (χ4n) is 3.12. The molecule has 0 radical (unpaired) electrons. The van der Waals surface area contributed by atoms with Crippen LogP contribution in [0.4, 0.5) is 35.1 Å². The van der Waals surface area contributed by atoms with Crippen LogP contribution >= 0.6 is 0 Å². The van der Waals surface area contributed by atoms with E-state index in [4.69, 9.17) is 0 Å². The van der Waals surface area contributed by atoms with Crippen LogP contribution in [0.1, 0.15) is 22.3 Å². The Morgan fingerprint density at radius 2 is 0.903 bits per heavy atom. The van der Waals surface area contributed by atoms with Gasteiger partial charge in [0.25, 0.3) is 0 Å². The predicted molar refractivity (Wildman–Crippen MR) is 101 cm³/mol. The van der Waals surface area contributed by atoms with Gasteiger partial charge in [0.05, 0.1) is 5.56 Å². The van der Waals surface area contributed by atoms with E-state index in [1.165, 1.54) is 48.5 Å². The van der Waals surface area contributed by atoms with Crippen molar-refractivity contribution in [1.29, 1.82) is 0 Å². The fraction of sp³-hybridized carbons (Fsp3) is 0.130. The molecule has 0 N–H and O–H groups in total. The predicted octanol–water partition coefficient (Wildman–Crippen LogP) is 7.86. The second kappa shape index (κ2) is 8.17. The van der Waals surface area contributed by atoms with E-state index in [0.29, 0.717) is 12.1 Å². The minimum Gasteiger partial charge on any atom is -0.191 e. The van der Waals surface area contributed by atoms with E-state index in [2.05, 4.69) is 0 Å². The smallest absolute Gasteiger partial charge is 0.191 e. The summed E-state index contributed by atoms with van der Waals surface area (Å²) in [5.41, 5.74) is -3.50. The Kier molecular flexibility index (Phi) is 5.93. The molecule has 0 atom stereocenters. The van der Waals surface area contributed by atoms with Crippen LogP contribution in [0.3, 0.4) is 0 Å². The van der Waals surface area contributed by atoms with Gasteiger partial charge in [0.15, 0.2) is 0 Å². The molecule has 0 saturated heterocycles. The number of halogens is 8. The third-order valence-corrected chi connectivity index (χ3v) is 4.55. The van der Waals surface area contributed by atoms with Crippen molar-refractivity contribution in [3.05, 3.63) is 107 Å². The number of hydrogen-bond donors (Lipinski definition) is 0. The highest BCUT2D eigenvalue weighted by Gasteiger charge is 2.61. The van der Waals surface area contributed by atoms with E-state index in [1.54, 1.807) is 0 Å². The highest BCUT2D eigenvalue weighted by molar-refractivity contribution is 6.01. The van der Waals surface area contributed by atoms with Crippen molar-refractivity contribution in [3.63, 3.8) is 0 Å². The summed E-state index contributed by atoms with van der Waals surface area (Å²) in [6.07, 6.45) is -10.6. The maximum Gasteiger partial charge on any atom is 0.458 e. The first-order chi connectivity index (χ1) is 14.4. The monoisotopic (exact) mass is 442 g/mol. The molecule has 0 heterocycles. The minimum atomic E-state index is -5.93. The molecule has 0 aliphatic rings. The Morgan fingerprint density at radius 1 is 0.484 bits per heavy atom. The first-order valence-electron chi connectivity index (χ1n) is 8.90. The molecule has 3 rings (SSSR count). The van der Waals surface area contributed by atoms with Crippen molar-refractivity contribution in [3.8, 4) is 0 Å². The summed E-state index contributed by atoms with van der Waals surface area (Å²) in [5, 5.41) is 0. The second-order valence-corrected chi connectivity index (χ2v) is 6.63. The van der Waals surface area contributed by atoms with Gasteiger partial charge in [0, 0.05) is 5.57 Å². The summed E-state index contributed by atoms with van der Waals surface area (Å²) in [6, 6.07) is 16.4. The van der Waals surface area contributed by atoms with Crippen molar-refractivity contribution >= 4 is 11.1 Å². The SMILES string of the molecule is FC(F)(F)c1ccc(/C(=C(/c2ccccc2)C(F)(F)C(F)(F)F)c2ccccc2)cc1. The lowest BCUT2D eigenvalue weighted by Gasteiger charge is -2.27. The Labute approximate surface area is 172 Å². The van der Waals surface area contributed by atoms with Gasteiger partial charge < -0.3 is 0 Å². The van der Waals surface area contributed by atoms with Crippen molar-refractivity contribution in [1.82, 2.24) is 0 Å². The van der Waals surface area contributed by atoms with Gasteiger partial charge in [0.1, 0.15) is 0 Å². The Balaban J connectivity index is 2.40. The molecule has 0 fully saturated rings. The zero-order valence-electron chi connectivity index (χ0n) is 15.6. The molecular formula is C23H14F8. The van der Waals surface area contributed by atoms with E-state index in [1.807, 2.05) is 0 Å². The van der Waals surface area contributed by atoms with E-state index < -0.39 is 40.5 Å². The summed E-state index contributed by atoms with van der Waals surface area (Å²) in [5.74, 6) is -5.28. The molecule has 8 heteroatoms. The zero-order chi connectivity index (χ0) is 22.9. The molecule has 0 unspecified atom stereocenters.